The van der Waals surface area contributed by atoms with Gasteiger partial charge in [0.15, 0.2) is 0 Å². The third-order valence-corrected chi connectivity index (χ3v) is 3.99. The van der Waals surface area contributed by atoms with Crippen LogP contribution in [0.5, 0.6) is 0 Å². The lowest BCUT2D eigenvalue weighted by Crippen LogP contribution is -2.30. The lowest BCUT2D eigenvalue weighted by atomic mass is 10.1. The summed E-state index contributed by atoms with van der Waals surface area (Å²) in [5.74, 6) is 0.754. The van der Waals surface area contributed by atoms with Crippen molar-refractivity contribution in [3.05, 3.63) is 34.3 Å². The molecule has 0 bridgehead atoms. The molecule has 0 aliphatic carbocycles. The van der Waals surface area contributed by atoms with Gasteiger partial charge in [-0.1, -0.05) is 29.3 Å². The molecule has 3 N–H and O–H groups in total. The van der Waals surface area contributed by atoms with E-state index in [1.165, 1.54) is 5.56 Å². The number of carbonyl (C=O) groups is 1. The number of rotatable bonds is 7. The third-order valence-electron chi connectivity index (χ3n) is 2.61. The van der Waals surface area contributed by atoms with Gasteiger partial charge < -0.3 is 10.8 Å². The van der Waals surface area contributed by atoms with Crippen LogP contribution in [0.1, 0.15) is 17.5 Å². The smallest absolute Gasteiger partial charge is 0.320 e. The molecule has 0 aliphatic rings. The molecule has 0 amide bonds. The van der Waals surface area contributed by atoms with Crippen LogP contribution in [-0.2, 0) is 11.2 Å². The van der Waals surface area contributed by atoms with E-state index < -0.39 is 12.0 Å². The highest BCUT2D eigenvalue weighted by molar-refractivity contribution is 7.99. The van der Waals surface area contributed by atoms with Crippen LogP contribution in [0.25, 0.3) is 0 Å². The minimum absolute atomic E-state index is 0.502. The van der Waals surface area contributed by atoms with Crippen LogP contribution in [0.15, 0.2) is 18.2 Å². The topological polar surface area (TPSA) is 63.3 Å². The molecular weight excluding hydrogens is 270 g/mol. The van der Waals surface area contributed by atoms with Gasteiger partial charge in [-0.25, -0.2) is 0 Å². The summed E-state index contributed by atoms with van der Waals surface area (Å²) in [6, 6.07) is 5.24. The highest BCUT2D eigenvalue weighted by atomic mass is 35.5. The van der Waals surface area contributed by atoms with Crippen LogP contribution in [0, 0.1) is 6.92 Å². The zero-order valence-electron chi connectivity index (χ0n) is 10.4. The number of hydrogen-bond donors (Lipinski definition) is 2. The molecule has 1 aromatic rings. The van der Waals surface area contributed by atoms with Crippen LogP contribution in [0.3, 0.4) is 0 Å². The van der Waals surface area contributed by atoms with Crippen molar-refractivity contribution < 1.29 is 9.90 Å². The lowest BCUT2D eigenvalue weighted by molar-refractivity contribution is -0.138. The van der Waals surface area contributed by atoms with Gasteiger partial charge in [-0.2, -0.15) is 11.8 Å². The fraction of sp³-hybridized carbons (Fsp3) is 0.462. The summed E-state index contributed by atoms with van der Waals surface area (Å²) in [6.45, 7) is 2.04. The monoisotopic (exact) mass is 287 g/mol. The van der Waals surface area contributed by atoms with E-state index in [2.05, 4.69) is 6.07 Å². The number of thioether (sulfide) groups is 1. The fourth-order valence-electron chi connectivity index (χ4n) is 1.51. The van der Waals surface area contributed by atoms with Gasteiger partial charge in [0.05, 0.1) is 0 Å². The molecule has 0 heterocycles. The first-order valence-electron chi connectivity index (χ1n) is 5.82. The summed E-state index contributed by atoms with van der Waals surface area (Å²) < 4.78 is 0. The normalized spacial score (nSPS) is 12.4. The summed E-state index contributed by atoms with van der Waals surface area (Å²) >= 11 is 7.80. The molecule has 0 fully saturated rings. The standard InChI is InChI=1S/C13H18ClNO2S/c1-9-2-3-11(14)10(8-9)4-6-18-7-5-12(15)13(16)17/h2-3,8,12H,4-7,15H2,1H3,(H,16,17). The molecule has 0 saturated heterocycles. The van der Waals surface area contributed by atoms with Crippen molar-refractivity contribution >= 4 is 29.3 Å². The molecule has 5 heteroatoms. The van der Waals surface area contributed by atoms with E-state index in [0.29, 0.717) is 6.42 Å². The second kappa shape index (κ2) is 7.67. The largest absolute Gasteiger partial charge is 0.480 e. The minimum Gasteiger partial charge on any atom is -0.480 e. The molecule has 1 atom stereocenters. The number of nitrogens with two attached hydrogens (primary N) is 1. The van der Waals surface area contributed by atoms with E-state index in [9.17, 15) is 4.79 Å². The molecule has 1 unspecified atom stereocenters. The van der Waals surface area contributed by atoms with Crippen LogP contribution in [0.2, 0.25) is 5.02 Å². The molecule has 3 nitrogen and oxygen atoms in total. The van der Waals surface area contributed by atoms with Gasteiger partial charge in [0.25, 0.3) is 0 Å². The molecule has 18 heavy (non-hydrogen) atoms. The van der Waals surface area contributed by atoms with E-state index in [1.807, 2.05) is 19.1 Å². The number of aliphatic carboxylic acids is 1. The Hall–Kier alpha value is -0.710. The maximum atomic E-state index is 10.5. The second-order valence-corrected chi connectivity index (χ2v) is 5.82. The number of benzene rings is 1. The molecule has 0 saturated carbocycles. The molecule has 0 spiro atoms. The number of hydrogen-bond acceptors (Lipinski definition) is 3. The Bertz CT molecular complexity index is 412. The van der Waals surface area contributed by atoms with Crippen LogP contribution < -0.4 is 5.73 Å². The van der Waals surface area contributed by atoms with E-state index in [0.717, 1.165) is 28.5 Å². The van der Waals surface area contributed by atoms with Crippen molar-refractivity contribution in [1.29, 1.82) is 0 Å². The van der Waals surface area contributed by atoms with Gasteiger partial charge >= 0.3 is 5.97 Å². The van der Waals surface area contributed by atoms with Crippen molar-refractivity contribution in [2.24, 2.45) is 5.73 Å². The van der Waals surface area contributed by atoms with Gasteiger partial charge in [0, 0.05) is 5.02 Å². The maximum Gasteiger partial charge on any atom is 0.320 e. The van der Waals surface area contributed by atoms with Crippen molar-refractivity contribution in [3.8, 4) is 0 Å². The van der Waals surface area contributed by atoms with Crippen molar-refractivity contribution in [2.75, 3.05) is 11.5 Å². The number of carboxylic acids is 1. The van der Waals surface area contributed by atoms with E-state index in [-0.39, 0.29) is 0 Å². The highest BCUT2D eigenvalue weighted by Crippen LogP contribution is 2.19. The molecular formula is C13H18ClNO2S. The molecule has 0 radical (unpaired) electrons. The molecule has 0 aromatic heterocycles. The summed E-state index contributed by atoms with van der Waals surface area (Å²) in [4.78, 5) is 10.5. The third kappa shape index (κ3) is 5.29. The molecule has 0 aliphatic heterocycles. The Balaban J connectivity index is 2.26. The minimum atomic E-state index is -0.933. The Morgan fingerprint density at radius 1 is 1.50 bits per heavy atom. The Morgan fingerprint density at radius 2 is 2.22 bits per heavy atom. The summed E-state index contributed by atoms with van der Waals surface area (Å²) in [7, 11) is 0. The summed E-state index contributed by atoms with van der Waals surface area (Å²) in [5.41, 5.74) is 7.77. The van der Waals surface area contributed by atoms with Crippen LogP contribution >= 0.6 is 23.4 Å². The molecule has 1 rings (SSSR count). The molecule has 1 aromatic carbocycles. The fourth-order valence-corrected chi connectivity index (χ4v) is 2.71. The van der Waals surface area contributed by atoms with Gasteiger partial charge in [0.2, 0.25) is 0 Å². The van der Waals surface area contributed by atoms with Crippen molar-refractivity contribution in [2.45, 2.75) is 25.8 Å². The average Bonchev–Trinajstić information content (AvgIpc) is 2.32. The molecule has 100 valence electrons. The van der Waals surface area contributed by atoms with Gasteiger partial charge in [-0.15, -0.1) is 0 Å². The Kier molecular flexibility index (Phi) is 6.54. The maximum absolute atomic E-state index is 10.5. The summed E-state index contributed by atoms with van der Waals surface area (Å²) in [5, 5.41) is 9.43. The first-order chi connectivity index (χ1) is 8.50. The van der Waals surface area contributed by atoms with Crippen molar-refractivity contribution in [1.82, 2.24) is 0 Å². The highest BCUT2D eigenvalue weighted by Gasteiger charge is 2.10. The quantitative estimate of drug-likeness (QED) is 0.757. The lowest BCUT2D eigenvalue weighted by Gasteiger charge is -2.07. The predicted octanol–water partition coefficient (Wildman–Crippen LogP) is 2.73. The van der Waals surface area contributed by atoms with Crippen LogP contribution in [-0.4, -0.2) is 28.6 Å². The number of aryl methyl sites for hydroxylation is 2. The first-order valence-corrected chi connectivity index (χ1v) is 7.35. The number of halogens is 1. The Morgan fingerprint density at radius 3 is 2.89 bits per heavy atom. The number of carboxylic acid groups (broad SMARTS) is 1. The van der Waals surface area contributed by atoms with Crippen molar-refractivity contribution in [3.63, 3.8) is 0 Å². The average molecular weight is 288 g/mol. The summed E-state index contributed by atoms with van der Waals surface area (Å²) in [6.07, 6.45) is 1.40. The van der Waals surface area contributed by atoms with Gasteiger partial charge in [-0.3, -0.25) is 4.79 Å². The zero-order valence-corrected chi connectivity index (χ0v) is 11.9. The van der Waals surface area contributed by atoms with Gasteiger partial charge in [-0.05, 0) is 42.9 Å². The van der Waals surface area contributed by atoms with Gasteiger partial charge in [0.1, 0.15) is 6.04 Å². The first kappa shape index (κ1) is 15.3. The zero-order chi connectivity index (χ0) is 13.5. The van der Waals surface area contributed by atoms with E-state index in [4.69, 9.17) is 22.4 Å². The van der Waals surface area contributed by atoms with E-state index >= 15 is 0 Å². The second-order valence-electron chi connectivity index (χ2n) is 4.19. The van der Waals surface area contributed by atoms with E-state index in [1.54, 1.807) is 11.8 Å². The SMILES string of the molecule is Cc1ccc(Cl)c(CCSCCC(N)C(=O)O)c1. The Labute approximate surface area is 117 Å². The predicted molar refractivity (Wildman–Crippen MR) is 77.4 cm³/mol. The van der Waals surface area contributed by atoms with Crippen LogP contribution in [0.4, 0.5) is 0 Å².